The molecular weight excluding hydrogens is 540 g/mol. The Bertz CT molecular complexity index is 1020. The number of aryl methyl sites for hydroxylation is 1. The van der Waals surface area contributed by atoms with E-state index in [1.807, 2.05) is 0 Å². The lowest BCUT2D eigenvalue weighted by Crippen LogP contribution is -2.28. The molecule has 8 nitrogen and oxygen atoms in total. The summed E-state index contributed by atoms with van der Waals surface area (Å²) >= 11 is 0. The highest BCUT2D eigenvalue weighted by atomic mass is 32.2. The van der Waals surface area contributed by atoms with Crippen LogP contribution in [0.5, 0.6) is 5.75 Å². The molecule has 0 aliphatic rings. The van der Waals surface area contributed by atoms with Crippen molar-refractivity contribution in [2.45, 2.75) is 105 Å². The van der Waals surface area contributed by atoms with E-state index < -0.39 is 15.8 Å². The number of carbonyl (C=O) groups is 2. The van der Waals surface area contributed by atoms with Gasteiger partial charge in [0.25, 0.3) is 0 Å². The number of rotatable bonds is 11. The minimum atomic E-state index is -3.12. The van der Waals surface area contributed by atoms with E-state index in [1.54, 1.807) is 37.4 Å². The number of methoxy groups -OCH3 is 1. The highest BCUT2D eigenvalue weighted by Crippen LogP contribution is 2.17. The third-order valence-electron chi connectivity index (χ3n) is 5.16. The highest BCUT2D eigenvalue weighted by Gasteiger charge is 2.11. The van der Waals surface area contributed by atoms with E-state index in [-0.39, 0.29) is 11.4 Å². The Morgan fingerprint density at radius 2 is 1.54 bits per heavy atom. The van der Waals surface area contributed by atoms with E-state index in [0.29, 0.717) is 23.5 Å². The summed E-state index contributed by atoms with van der Waals surface area (Å²) in [5, 5.41) is 8.55. The first-order chi connectivity index (χ1) is 19.4. The van der Waals surface area contributed by atoms with Crippen molar-refractivity contribution >= 4 is 27.9 Å². The number of hydrogen-bond acceptors (Lipinski definition) is 6. The van der Waals surface area contributed by atoms with Crippen LogP contribution >= 0.6 is 0 Å². The van der Waals surface area contributed by atoms with E-state index >= 15 is 0 Å². The zero-order valence-electron chi connectivity index (χ0n) is 27.1. The number of carboxylic acids is 1. The fourth-order valence-electron chi connectivity index (χ4n) is 3.31. The first kappa shape index (κ1) is 42.5. The van der Waals surface area contributed by atoms with Crippen molar-refractivity contribution in [1.82, 2.24) is 4.98 Å². The van der Waals surface area contributed by atoms with Gasteiger partial charge >= 0.3 is 5.97 Å². The topological polar surface area (TPSA) is 114 Å². The molecule has 1 heterocycles. The number of sulfone groups is 1. The number of amides is 1. The second-order valence-electron chi connectivity index (χ2n) is 9.45. The standard InChI is InChI=1S/C9H10N2O3.C9H20.C8H10O3S.2C3H8/c1-7-8(3-2-4-10-7)11(6-12)5-9(13)14;1-4-7-9(6-3)8-5-2;1-11-7-4-3-5-8(6-7)12(2,9)10;2*1-3-2/h2-4,6H,5H2,1H3,(H,13,14);9H,4-8H2,1-3H3;3-6H,1-2H3;2*3H2,1-2H3. The first-order valence-corrected chi connectivity index (χ1v) is 16.4. The summed E-state index contributed by atoms with van der Waals surface area (Å²) in [5.74, 6) is 0.512. The van der Waals surface area contributed by atoms with Crippen molar-refractivity contribution in [3.63, 3.8) is 0 Å². The first-order valence-electron chi connectivity index (χ1n) is 14.6. The molecule has 0 spiro atoms. The van der Waals surface area contributed by atoms with Crippen LogP contribution in [0.1, 0.15) is 99.1 Å². The maximum Gasteiger partial charge on any atom is 0.323 e. The van der Waals surface area contributed by atoms with E-state index in [0.717, 1.165) is 10.8 Å². The molecule has 1 aromatic carbocycles. The summed E-state index contributed by atoms with van der Waals surface area (Å²) in [6.45, 7) is 16.7. The number of benzene rings is 1. The van der Waals surface area contributed by atoms with Crippen LogP contribution in [0.2, 0.25) is 0 Å². The molecule has 9 heteroatoms. The molecule has 0 fully saturated rings. The quantitative estimate of drug-likeness (QED) is 0.262. The van der Waals surface area contributed by atoms with Crippen molar-refractivity contribution in [1.29, 1.82) is 0 Å². The number of hydrogen-bond donors (Lipinski definition) is 1. The molecule has 0 aliphatic carbocycles. The second kappa shape index (κ2) is 27.2. The summed E-state index contributed by atoms with van der Waals surface area (Å²) in [7, 11) is -1.61. The predicted molar refractivity (Wildman–Crippen MR) is 172 cm³/mol. The minimum Gasteiger partial charge on any atom is -0.497 e. The van der Waals surface area contributed by atoms with Crippen LogP contribution in [0.15, 0.2) is 47.5 Å². The molecule has 0 unspecified atom stereocenters. The Balaban J connectivity index is -0.000000489. The van der Waals surface area contributed by atoms with Crippen LogP contribution in [-0.2, 0) is 19.4 Å². The Morgan fingerprint density at radius 3 is 1.90 bits per heavy atom. The average Bonchev–Trinajstić information content (AvgIpc) is 2.93. The fraction of sp³-hybridized carbons (Fsp3) is 0.594. The fourth-order valence-corrected chi connectivity index (χ4v) is 3.96. The lowest BCUT2D eigenvalue weighted by atomic mass is 9.96. The van der Waals surface area contributed by atoms with Gasteiger partial charge < -0.3 is 14.7 Å². The third-order valence-corrected chi connectivity index (χ3v) is 6.27. The molecule has 1 amide bonds. The van der Waals surface area contributed by atoms with Gasteiger partial charge in [-0.2, -0.15) is 0 Å². The van der Waals surface area contributed by atoms with Crippen LogP contribution in [0, 0.1) is 12.8 Å². The number of carboxylic acid groups (broad SMARTS) is 1. The number of anilines is 1. The summed E-state index contributed by atoms with van der Waals surface area (Å²) in [6, 6.07) is 9.69. The smallest absolute Gasteiger partial charge is 0.323 e. The molecule has 0 radical (unpaired) electrons. The molecule has 1 aromatic heterocycles. The van der Waals surface area contributed by atoms with E-state index in [1.165, 1.54) is 70.4 Å². The maximum absolute atomic E-state index is 11.0. The van der Waals surface area contributed by atoms with E-state index in [4.69, 9.17) is 9.84 Å². The largest absolute Gasteiger partial charge is 0.497 e. The number of nitrogens with zero attached hydrogens (tertiary/aromatic N) is 2. The van der Waals surface area contributed by atoms with Crippen molar-refractivity contribution in [2.75, 3.05) is 24.8 Å². The molecule has 41 heavy (non-hydrogen) atoms. The molecule has 2 rings (SSSR count). The summed E-state index contributed by atoms with van der Waals surface area (Å²) < 4.78 is 27.0. The molecule has 0 saturated carbocycles. The van der Waals surface area contributed by atoms with Crippen molar-refractivity contribution < 1.29 is 27.9 Å². The third kappa shape index (κ3) is 23.5. The van der Waals surface area contributed by atoms with Crippen LogP contribution in [0.3, 0.4) is 0 Å². The maximum atomic E-state index is 11.0. The van der Waals surface area contributed by atoms with Crippen LogP contribution in [-0.4, -0.2) is 50.8 Å². The van der Waals surface area contributed by atoms with Crippen LogP contribution in [0.4, 0.5) is 5.69 Å². The zero-order valence-corrected chi connectivity index (χ0v) is 28.0. The van der Waals surface area contributed by atoms with Gasteiger partial charge in [-0.15, -0.1) is 0 Å². The van der Waals surface area contributed by atoms with Gasteiger partial charge in [0, 0.05) is 12.5 Å². The molecule has 0 atom stereocenters. The Hall–Kier alpha value is -2.94. The molecule has 1 N–H and O–H groups in total. The lowest BCUT2D eigenvalue weighted by Gasteiger charge is -2.15. The van der Waals surface area contributed by atoms with Gasteiger partial charge in [-0.1, -0.05) is 99.5 Å². The second-order valence-corrected chi connectivity index (χ2v) is 11.5. The summed E-state index contributed by atoms with van der Waals surface area (Å²) in [6.07, 6.45) is 12.7. The Kier molecular flexibility index (Phi) is 28.3. The summed E-state index contributed by atoms with van der Waals surface area (Å²) in [4.78, 5) is 26.4. The summed E-state index contributed by atoms with van der Waals surface area (Å²) in [5.41, 5.74) is 1.14. The van der Waals surface area contributed by atoms with Gasteiger partial charge in [0.1, 0.15) is 12.3 Å². The molecule has 0 aliphatic heterocycles. The Labute approximate surface area is 250 Å². The van der Waals surface area contributed by atoms with Gasteiger partial charge in [0.05, 0.1) is 23.4 Å². The monoisotopic (exact) mass is 596 g/mol. The van der Waals surface area contributed by atoms with Crippen molar-refractivity contribution in [3.05, 3.63) is 48.3 Å². The van der Waals surface area contributed by atoms with Crippen molar-refractivity contribution in [2.24, 2.45) is 5.92 Å². The van der Waals surface area contributed by atoms with Gasteiger partial charge in [-0.25, -0.2) is 8.42 Å². The highest BCUT2D eigenvalue weighted by molar-refractivity contribution is 7.90. The number of aromatic nitrogens is 1. The van der Waals surface area contributed by atoms with Gasteiger partial charge in [-0.05, 0) is 43.2 Å². The van der Waals surface area contributed by atoms with Gasteiger partial charge in [-0.3, -0.25) is 14.6 Å². The zero-order chi connectivity index (χ0) is 32.3. The number of pyridine rings is 1. The van der Waals surface area contributed by atoms with E-state index in [2.05, 4.69) is 53.5 Å². The average molecular weight is 597 g/mol. The van der Waals surface area contributed by atoms with E-state index in [9.17, 15) is 18.0 Å². The van der Waals surface area contributed by atoms with Crippen LogP contribution < -0.4 is 9.64 Å². The minimum absolute atomic E-state index is 0.279. The molecular formula is C32H56N2O6S. The van der Waals surface area contributed by atoms with Gasteiger partial charge in [0.2, 0.25) is 6.41 Å². The number of aliphatic carboxylic acids is 1. The number of ether oxygens (including phenoxy) is 1. The van der Waals surface area contributed by atoms with Gasteiger partial charge in [0.15, 0.2) is 9.84 Å². The normalized spacial score (nSPS) is 9.73. The number of carbonyl (C=O) groups excluding carboxylic acids is 1. The predicted octanol–water partition coefficient (Wildman–Crippen LogP) is 7.98. The SMILES string of the molecule is CCC.CCC.CCCC(CC)CCC.COc1cccc(S(C)(=O)=O)c1.Cc1ncccc1N(C=O)CC(=O)O. The molecule has 0 bridgehead atoms. The van der Waals surface area contributed by atoms with Crippen LogP contribution in [0.25, 0.3) is 0 Å². The lowest BCUT2D eigenvalue weighted by molar-refractivity contribution is -0.136. The molecule has 0 saturated heterocycles. The Morgan fingerprint density at radius 1 is 1.00 bits per heavy atom. The molecule has 236 valence electrons. The van der Waals surface area contributed by atoms with Crippen molar-refractivity contribution in [3.8, 4) is 5.75 Å². The molecule has 2 aromatic rings.